The molecule has 0 saturated heterocycles. The molecule has 0 heterocycles. The van der Waals surface area contributed by atoms with Crippen LogP contribution in [-0.2, 0) is 17.8 Å². The highest BCUT2D eigenvalue weighted by atomic mass is 16.2. The number of aryl methyl sites for hydroxylation is 1. The van der Waals surface area contributed by atoms with Crippen LogP contribution in [0, 0.1) is 12.8 Å². The van der Waals surface area contributed by atoms with Crippen molar-refractivity contribution in [3.05, 3.63) is 101 Å². The molecule has 0 radical (unpaired) electrons. The molecule has 1 saturated carbocycles. The molecule has 3 aromatic rings. The highest BCUT2D eigenvalue weighted by Gasteiger charge is 2.22. The summed E-state index contributed by atoms with van der Waals surface area (Å²) < 4.78 is 0. The topological polar surface area (TPSA) is 49.4 Å². The first-order chi connectivity index (χ1) is 15.1. The molecular weight excluding hydrogens is 384 g/mol. The van der Waals surface area contributed by atoms with Crippen LogP contribution in [0.4, 0.5) is 5.69 Å². The van der Waals surface area contributed by atoms with E-state index in [1.165, 1.54) is 12.8 Å². The monoisotopic (exact) mass is 412 g/mol. The van der Waals surface area contributed by atoms with Crippen LogP contribution in [-0.4, -0.2) is 18.4 Å². The molecule has 158 valence electrons. The third-order valence-corrected chi connectivity index (χ3v) is 5.62. The zero-order chi connectivity index (χ0) is 21.6. The normalized spacial score (nSPS) is 12.9. The summed E-state index contributed by atoms with van der Waals surface area (Å²) in [5.41, 5.74) is 4.60. The summed E-state index contributed by atoms with van der Waals surface area (Å²) >= 11 is 0. The molecule has 1 aliphatic carbocycles. The fourth-order valence-corrected chi connectivity index (χ4v) is 3.52. The Kier molecular flexibility index (Phi) is 6.46. The number of nitrogens with one attached hydrogen (secondary N) is 1. The van der Waals surface area contributed by atoms with Gasteiger partial charge in [0.15, 0.2) is 0 Å². The number of hydrogen-bond donors (Lipinski definition) is 1. The lowest BCUT2D eigenvalue weighted by Gasteiger charge is -2.23. The van der Waals surface area contributed by atoms with E-state index in [1.807, 2.05) is 85.8 Å². The molecule has 3 aromatic carbocycles. The van der Waals surface area contributed by atoms with Gasteiger partial charge in [-0.25, -0.2) is 0 Å². The molecule has 1 N–H and O–H groups in total. The second-order valence-corrected chi connectivity index (χ2v) is 8.33. The Balaban J connectivity index is 1.51. The number of amides is 2. The summed E-state index contributed by atoms with van der Waals surface area (Å²) in [5, 5.41) is 3.00. The quantitative estimate of drug-likeness (QED) is 0.571. The zero-order valence-corrected chi connectivity index (χ0v) is 17.9. The van der Waals surface area contributed by atoms with E-state index in [9.17, 15) is 9.59 Å². The van der Waals surface area contributed by atoms with Crippen molar-refractivity contribution >= 4 is 17.5 Å². The second kappa shape index (κ2) is 9.61. The third-order valence-electron chi connectivity index (χ3n) is 5.62. The second-order valence-electron chi connectivity index (χ2n) is 8.33. The van der Waals surface area contributed by atoms with Gasteiger partial charge in [0, 0.05) is 17.8 Å². The maximum absolute atomic E-state index is 13.3. The van der Waals surface area contributed by atoms with Gasteiger partial charge < -0.3 is 10.2 Å². The number of nitrogens with zero attached hydrogens (tertiary/aromatic N) is 1. The summed E-state index contributed by atoms with van der Waals surface area (Å²) in [6.07, 6.45) is 2.81. The molecule has 4 nitrogen and oxygen atoms in total. The van der Waals surface area contributed by atoms with Crippen LogP contribution >= 0.6 is 0 Å². The lowest BCUT2D eigenvalue weighted by molar-refractivity contribution is -0.120. The Morgan fingerprint density at radius 1 is 0.871 bits per heavy atom. The predicted molar refractivity (Wildman–Crippen MR) is 124 cm³/mol. The minimum absolute atomic E-state index is 0.0428. The molecule has 4 rings (SSSR count). The first-order valence-electron chi connectivity index (χ1n) is 10.9. The smallest absolute Gasteiger partial charge is 0.258 e. The molecule has 31 heavy (non-hydrogen) atoms. The van der Waals surface area contributed by atoms with Crippen molar-refractivity contribution in [1.82, 2.24) is 5.32 Å². The minimum Gasteiger partial charge on any atom is -0.356 e. The highest BCUT2D eigenvalue weighted by molar-refractivity contribution is 6.06. The number of hydrogen-bond acceptors (Lipinski definition) is 2. The number of rotatable bonds is 8. The van der Waals surface area contributed by atoms with E-state index in [0.717, 1.165) is 28.9 Å². The van der Waals surface area contributed by atoms with E-state index in [2.05, 4.69) is 5.32 Å². The third kappa shape index (κ3) is 5.82. The number of carbonyl (C=O) groups is 2. The van der Waals surface area contributed by atoms with Gasteiger partial charge in [-0.15, -0.1) is 0 Å². The fraction of sp³-hybridized carbons (Fsp3) is 0.259. The van der Waals surface area contributed by atoms with Crippen LogP contribution in [0.3, 0.4) is 0 Å². The van der Waals surface area contributed by atoms with Crippen molar-refractivity contribution in [3.63, 3.8) is 0 Å². The standard InChI is InChI=1S/C27H28N2O2/c1-20-7-13-24(14-8-20)27(31)29(19-23-5-3-2-4-6-23)25-15-11-21(12-16-25)17-26(30)28-18-22-9-10-22/h2-8,11-16,22H,9-10,17-19H2,1H3,(H,28,30). The van der Waals surface area contributed by atoms with Crippen molar-refractivity contribution in [3.8, 4) is 0 Å². The molecule has 0 spiro atoms. The molecule has 0 aliphatic heterocycles. The molecule has 1 fully saturated rings. The average Bonchev–Trinajstić information content (AvgIpc) is 3.62. The summed E-state index contributed by atoms with van der Waals surface area (Å²) in [4.78, 5) is 27.3. The van der Waals surface area contributed by atoms with Crippen LogP contribution in [0.25, 0.3) is 0 Å². The maximum Gasteiger partial charge on any atom is 0.258 e. The molecule has 2 amide bonds. The van der Waals surface area contributed by atoms with Gasteiger partial charge in [-0.1, -0.05) is 60.2 Å². The van der Waals surface area contributed by atoms with E-state index in [4.69, 9.17) is 0 Å². The largest absolute Gasteiger partial charge is 0.356 e. The van der Waals surface area contributed by atoms with E-state index >= 15 is 0 Å². The van der Waals surface area contributed by atoms with Gasteiger partial charge in [0.1, 0.15) is 0 Å². The van der Waals surface area contributed by atoms with Crippen LogP contribution in [0.5, 0.6) is 0 Å². The first kappa shape index (κ1) is 20.9. The average molecular weight is 413 g/mol. The molecule has 0 bridgehead atoms. The van der Waals surface area contributed by atoms with Crippen molar-refractivity contribution in [2.45, 2.75) is 32.7 Å². The molecule has 0 atom stereocenters. The van der Waals surface area contributed by atoms with E-state index in [0.29, 0.717) is 24.4 Å². The summed E-state index contributed by atoms with van der Waals surface area (Å²) in [5.74, 6) is 0.681. The summed E-state index contributed by atoms with van der Waals surface area (Å²) in [6.45, 7) is 3.27. The van der Waals surface area contributed by atoms with E-state index in [-0.39, 0.29) is 11.8 Å². The van der Waals surface area contributed by atoms with Crippen molar-refractivity contribution in [2.24, 2.45) is 5.92 Å². The van der Waals surface area contributed by atoms with Gasteiger partial charge >= 0.3 is 0 Å². The van der Waals surface area contributed by atoms with E-state index in [1.54, 1.807) is 4.90 Å². The van der Waals surface area contributed by atoms with Crippen LogP contribution in [0.1, 0.15) is 39.9 Å². The minimum atomic E-state index is -0.0428. The number of anilines is 1. The number of carbonyl (C=O) groups excluding carboxylic acids is 2. The van der Waals surface area contributed by atoms with Crippen molar-refractivity contribution in [1.29, 1.82) is 0 Å². The zero-order valence-electron chi connectivity index (χ0n) is 17.9. The first-order valence-corrected chi connectivity index (χ1v) is 10.9. The van der Waals surface area contributed by atoms with Gasteiger partial charge in [0.2, 0.25) is 5.91 Å². The lowest BCUT2D eigenvalue weighted by atomic mass is 10.1. The molecule has 1 aliphatic rings. The molecule has 4 heteroatoms. The number of benzene rings is 3. The van der Waals surface area contributed by atoms with Gasteiger partial charge in [0.05, 0.1) is 13.0 Å². The Morgan fingerprint density at radius 2 is 1.55 bits per heavy atom. The molecule has 0 aromatic heterocycles. The Morgan fingerprint density at radius 3 is 2.19 bits per heavy atom. The van der Waals surface area contributed by atoms with Crippen LogP contribution in [0.2, 0.25) is 0 Å². The van der Waals surface area contributed by atoms with Gasteiger partial charge in [-0.2, -0.15) is 0 Å². The Labute approximate surface area is 183 Å². The predicted octanol–water partition coefficient (Wildman–Crippen LogP) is 4.91. The molecular formula is C27H28N2O2. The van der Waals surface area contributed by atoms with Crippen molar-refractivity contribution in [2.75, 3.05) is 11.4 Å². The van der Waals surface area contributed by atoms with Crippen LogP contribution < -0.4 is 10.2 Å². The van der Waals surface area contributed by atoms with Gasteiger partial charge in [0.25, 0.3) is 5.91 Å². The molecule has 0 unspecified atom stereocenters. The Bertz CT molecular complexity index is 1020. The summed E-state index contributed by atoms with van der Waals surface area (Å²) in [6, 6.07) is 25.4. The van der Waals surface area contributed by atoms with Crippen LogP contribution in [0.15, 0.2) is 78.9 Å². The highest BCUT2D eigenvalue weighted by Crippen LogP contribution is 2.27. The van der Waals surface area contributed by atoms with E-state index < -0.39 is 0 Å². The lowest BCUT2D eigenvalue weighted by Crippen LogP contribution is -2.30. The van der Waals surface area contributed by atoms with Gasteiger partial charge in [-0.05, 0) is 61.1 Å². The van der Waals surface area contributed by atoms with Gasteiger partial charge in [-0.3, -0.25) is 9.59 Å². The maximum atomic E-state index is 13.3. The Hall–Kier alpha value is -3.40. The fourth-order valence-electron chi connectivity index (χ4n) is 3.52. The SMILES string of the molecule is Cc1ccc(C(=O)N(Cc2ccccc2)c2ccc(CC(=O)NCC3CC3)cc2)cc1. The summed E-state index contributed by atoms with van der Waals surface area (Å²) in [7, 11) is 0. The van der Waals surface area contributed by atoms with Crippen molar-refractivity contribution < 1.29 is 9.59 Å².